The summed E-state index contributed by atoms with van der Waals surface area (Å²) < 4.78 is 0. The highest BCUT2D eigenvalue weighted by Crippen LogP contribution is 2.16. The van der Waals surface area contributed by atoms with Crippen LogP contribution >= 0.6 is 0 Å². The highest BCUT2D eigenvalue weighted by Gasteiger charge is 2.03. The van der Waals surface area contributed by atoms with Crippen molar-refractivity contribution in [2.75, 3.05) is 0 Å². The quantitative estimate of drug-likeness (QED) is 0.0513. The van der Waals surface area contributed by atoms with Crippen LogP contribution in [0.2, 0.25) is 0 Å². The van der Waals surface area contributed by atoms with Crippen LogP contribution in [0.25, 0.3) is 0 Å². The zero-order valence-electron chi connectivity index (χ0n) is 31.9. The molecular formula is C43H82O4. The average molecular weight is 663 g/mol. The summed E-state index contributed by atoms with van der Waals surface area (Å²) in [6.07, 6.45) is 45.8. The Bertz CT molecular complexity index is 698. The molecule has 0 unspecified atom stereocenters. The van der Waals surface area contributed by atoms with Gasteiger partial charge in [0.2, 0.25) is 0 Å². The summed E-state index contributed by atoms with van der Waals surface area (Å²) in [5.74, 6) is -1.68. The van der Waals surface area contributed by atoms with Gasteiger partial charge in [-0.1, -0.05) is 226 Å². The van der Waals surface area contributed by atoms with E-state index in [2.05, 4.69) is 27.0 Å². The topological polar surface area (TPSA) is 74.6 Å². The van der Waals surface area contributed by atoms with Crippen LogP contribution in [-0.4, -0.2) is 22.2 Å². The minimum atomic E-state index is -0.842. The van der Waals surface area contributed by atoms with Gasteiger partial charge in [0.15, 0.2) is 0 Å². The average Bonchev–Trinajstić information content (AvgIpc) is 3.05. The molecule has 0 aliphatic heterocycles. The molecule has 0 aromatic carbocycles. The molecule has 0 atom stereocenters. The van der Waals surface area contributed by atoms with Gasteiger partial charge in [0.25, 0.3) is 0 Å². The van der Waals surface area contributed by atoms with Crippen molar-refractivity contribution >= 4 is 11.9 Å². The second-order valence-corrected chi connectivity index (χ2v) is 14.3. The number of unbranched alkanes of at least 4 members (excludes halogenated alkanes) is 31. The molecule has 0 radical (unpaired) electrons. The smallest absolute Gasteiger partial charge is 0.330 e. The van der Waals surface area contributed by atoms with Gasteiger partial charge in [-0.3, -0.25) is 0 Å². The molecular weight excluding hydrogens is 580 g/mol. The summed E-state index contributed by atoms with van der Waals surface area (Å²) in [7, 11) is 0. The van der Waals surface area contributed by atoms with E-state index in [-0.39, 0.29) is 0 Å². The zero-order chi connectivity index (χ0) is 35.1. The molecule has 47 heavy (non-hydrogen) atoms. The summed E-state index contributed by atoms with van der Waals surface area (Å²) in [5, 5.41) is 17.4. The first-order chi connectivity index (χ1) is 22.9. The summed E-state index contributed by atoms with van der Waals surface area (Å²) in [6.45, 7) is 11.7. The lowest BCUT2D eigenvalue weighted by atomic mass is 10.0. The van der Waals surface area contributed by atoms with E-state index in [0.29, 0.717) is 24.0 Å². The minimum absolute atomic E-state index is 0.357. The van der Waals surface area contributed by atoms with E-state index < -0.39 is 11.9 Å². The summed E-state index contributed by atoms with van der Waals surface area (Å²) >= 11 is 0. The molecule has 0 heterocycles. The van der Waals surface area contributed by atoms with Gasteiger partial charge < -0.3 is 10.2 Å². The fourth-order valence-corrected chi connectivity index (χ4v) is 6.16. The maximum Gasteiger partial charge on any atom is 0.330 e. The highest BCUT2D eigenvalue weighted by molar-refractivity contribution is 5.85. The van der Waals surface area contributed by atoms with E-state index in [1.165, 1.54) is 186 Å². The van der Waals surface area contributed by atoms with Crippen molar-refractivity contribution in [3.8, 4) is 0 Å². The molecule has 0 aromatic heterocycles. The number of carbonyl (C=O) groups is 2. The van der Waals surface area contributed by atoms with Crippen molar-refractivity contribution in [2.24, 2.45) is 0 Å². The zero-order valence-corrected chi connectivity index (χ0v) is 31.9. The van der Waals surface area contributed by atoms with E-state index in [1.807, 2.05) is 0 Å². The van der Waals surface area contributed by atoms with E-state index in [0.717, 1.165) is 25.7 Å². The largest absolute Gasteiger partial charge is 0.478 e. The predicted molar refractivity (Wildman–Crippen MR) is 206 cm³/mol. The lowest BCUT2D eigenvalue weighted by Crippen LogP contribution is -1.98. The van der Waals surface area contributed by atoms with E-state index in [1.54, 1.807) is 0 Å². The molecule has 2 N–H and O–H groups in total. The first kappa shape index (κ1) is 47.5. The van der Waals surface area contributed by atoms with Gasteiger partial charge in [-0.25, -0.2) is 9.59 Å². The molecule has 0 rings (SSSR count). The van der Waals surface area contributed by atoms with Crippen LogP contribution in [0.5, 0.6) is 0 Å². The Morgan fingerprint density at radius 2 is 0.468 bits per heavy atom. The number of carboxylic acids is 2. The van der Waals surface area contributed by atoms with Gasteiger partial charge in [-0.2, -0.15) is 0 Å². The number of hydrogen-bond donors (Lipinski definition) is 2. The fraction of sp³-hybridized carbons (Fsp3) is 0.860. The summed E-state index contributed by atoms with van der Waals surface area (Å²) in [5.41, 5.74) is 0.714. The first-order valence-corrected chi connectivity index (χ1v) is 20.7. The van der Waals surface area contributed by atoms with Gasteiger partial charge in [-0.15, -0.1) is 0 Å². The van der Waals surface area contributed by atoms with Crippen LogP contribution in [0.4, 0.5) is 0 Å². The van der Waals surface area contributed by atoms with Crippen LogP contribution < -0.4 is 0 Å². The number of hydrogen-bond acceptors (Lipinski definition) is 2. The molecule has 0 amide bonds. The van der Waals surface area contributed by atoms with E-state index in [9.17, 15) is 9.59 Å². The van der Waals surface area contributed by atoms with Gasteiger partial charge in [0, 0.05) is 11.1 Å². The Balaban J connectivity index is 0. The standard InChI is InChI=1S/C22H42O2.C21H40O2/c1-3-4-5-6-7-8-9-10-11-12-13-14-15-16-17-18-19-20-21(2)22(23)24;1-3-4-5-6-7-8-9-10-11-12-13-14-15-16-17-18-19-20(2)21(22)23/h2-20H2,1H3,(H,23,24);2-19H2,1H3,(H,22,23). The summed E-state index contributed by atoms with van der Waals surface area (Å²) in [6, 6.07) is 0. The number of rotatable bonds is 37. The third-order valence-corrected chi connectivity index (χ3v) is 9.52. The van der Waals surface area contributed by atoms with Crippen LogP contribution in [0.1, 0.15) is 239 Å². The van der Waals surface area contributed by atoms with Gasteiger partial charge >= 0.3 is 11.9 Å². The molecule has 0 aliphatic rings. The van der Waals surface area contributed by atoms with Crippen molar-refractivity contribution in [2.45, 2.75) is 239 Å². The molecule has 278 valence electrons. The highest BCUT2D eigenvalue weighted by atomic mass is 16.4. The second-order valence-electron chi connectivity index (χ2n) is 14.3. The Morgan fingerprint density at radius 1 is 0.319 bits per heavy atom. The Morgan fingerprint density at radius 3 is 0.617 bits per heavy atom. The number of carboxylic acid groups (broad SMARTS) is 2. The Kier molecular flexibility index (Phi) is 41.1. The van der Waals surface area contributed by atoms with Crippen molar-refractivity contribution in [1.29, 1.82) is 0 Å². The SMILES string of the molecule is C=C(CCCCCCCCCCCCCCCCCC)C(=O)O.C=C(CCCCCCCCCCCCCCCCCCC)C(=O)O. The molecule has 0 bridgehead atoms. The van der Waals surface area contributed by atoms with E-state index in [4.69, 9.17) is 10.2 Å². The van der Waals surface area contributed by atoms with Gasteiger partial charge in [-0.05, 0) is 25.7 Å². The maximum absolute atomic E-state index is 10.6. The maximum atomic E-state index is 10.6. The van der Waals surface area contributed by atoms with Crippen LogP contribution in [0, 0.1) is 0 Å². The minimum Gasteiger partial charge on any atom is -0.478 e. The molecule has 4 heteroatoms. The predicted octanol–water partition coefficient (Wildman–Crippen LogP) is 14.9. The normalized spacial score (nSPS) is 10.9. The molecule has 0 saturated heterocycles. The monoisotopic (exact) mass is 663 g/mol. The molecule has 0 fully saturated rings. The third kappa shape index (κ3) is 42.4. The molecule has 0 aliphatic carbocycles. The van der Waals surface area contributed by atoms with Crippen molar-refractivity contribution in [3.05, 3.63) is 24.3 Å². The van der Waals surface area contributed by atoms with Crippen LogP contribution in [0.3, 0.4) is 0 Å². The van der Waals surface area contributed by atoms with Gasteiger partial charge in [0.05, 0.1) is 0 Å². The number of aliphatic carboxylic acids is 2. The fourth-order valence-electron chi connectivity index (χ4n) is 6.16. The lowest BCUT2D eigenvalue weighted by Gasteiger charge is -2.04. The van der Waals surface area contributed by atoms with Crippen molar-refractivity contribution < 1.29 is 19.8 Å². The van der Waals surface area contributed by atoms with Gasteiger partial charge in [0.1, 0.15) is 0 Å². The Hall–Kier alpha value is -1.58. The second kappa shape index (κ2) is 40.6. The molecule has 0 aromatic rings. The first-order valence-electron chi connectivity index (χ1n) is 20.7. The van der Waals surface area contributed by atoms with Crippen molar-refractivity contribution in [3.63, 3.8) is 0 Å². The molecule has 0 saturated carbocycles. The van der Waals surface area contributed by atoms with Crippen LogP contribution in [-0.2, 0) is 9.59 Å². The van der Waals surface area contributed by atoms with Crippen molar-refractivity contribution in [1.82, 2.24) is 0 Å². The van der Waals surface area contributed by atoms with E-state index >= 15 is 0 Å². The molecule has 4 nitrogen and oxygen atoms in total. The third-order valence-electron chi connectivity index (χ3n) is 9.52. The molecule has 0 spiro atoms. The van der Waals surface area contributed by atoms with Crippen LogP contribution in [0.15, 0.2) is 24.3 Å². The lowest BCUT2D eigenvalue weighted by molar-refractivity contribution is -0.133. The summed E-state index contributed by atoms with van der Waals surface area (Å²) in [4.78, 5) is 21.2. The Labute approximate surface area is 294 Å².